The molecule has 0 radical (unpaired) electrons. The summed E-state index contributed by atoms with van der Waals surface area (Å²) in [5.41, 5.74) is 1.22. The highest BCUT2D eigenvalue weighted by molar-refractivity contribution is 5.94. The van der Waals surface area contributed by atoms with E-state index in [1.165, 1.54) is 16.5 Å². The molecule has 0 amide bonds. The lowest BCUT2D eigenvalue weighted by atomic mass is 10.1. The third-order valence-corrected chi connectivity index (χ3v) is 4.05. The number of fused-ring (bicyclic) bond motifs is 1. The van der Waals surface area contributed by atoms with Crippen molar-refractivity contribution in [2.45, 2.75) is 0 Å². The maximum absolute atomic E-state index is 4.64. The third-order valence-electron chi connectivity index (χ3n) is 4.05. The van der Waals surface area contributed by atoms with E-state index in [0.717, 1.165) is 32.0 Å². The molecular weight excluding hydrogens is 248 g/mol. The standard InChI is InChI=1S/C16H22N4/c1-18(2)14-5-4-13-6-7-17-16(15(13)12-14)20-10-8-19(3)9-11-20/h4-7,12H,8-11H2,1-3H3. The SMILES string of the molecule is CN1CCN(c2nccc3ccc(N(C)C)cc23)CC1. The second-order valence-electron chi connectivity index (χ2n) is 5.72. The summed E-state index contributed by atoms with van der Waals surface area (Å²) in [7, 11) is 6.33. The van der Waals surface area contributed by atoms with Crippen LogP contribution in [-0.4, -0.2) is 57.2 Å². The summed E-state index contributed by atoms with van der Waals surface area (Å²) < 4.78 is 0. The van der Waals surface area contributed by atoms with Crippen LogP contribution < -0.4 is 9.80 Å². The second-order valence-corrected chi connectivity index (χ2v) is 5.72. The average Bonchev–Trinajstić information content (AvgIpc) is 2.47. The van der Waals surface area contributed by atoms with E-state index < -0.39 is 0 Å². The largest absolute Gasteiger partial charge is 0.378 e. The van der Waals surface area contributed by atoms with Crippen LogP contribution in [0, 0.1) is 0 Å². The molecule has 4 heteroatoms. The molecule has 1 aliphatic rings. The van der Waals surface area contributed by atoms with E-state index in [9.17, 15) is 0 Å². The van der Waals surface area contributed by atoms with Crippen molar-refractivity contribution in [3.05, 3.63) is 30.5 Å². The first kappa shape index (κ1) is 13.2. The number of hydrogen-bond acceptors (Lipinski definition) is 4. The van der Waals surface area contributed by atoms with Gasteiger partial charge < -0.3 is 14.7 Å². The smallest absolute Gasteiger partial charge is 0.136 e. The van der Waals surface area contributed by atoms with E-state index in [2.05, 4.69) is 65.1 Å². The molecule has 2 aromatic rings. The normalized spacial score (nSPS) is 16.6. The molecule has 1 aromatic carbocycles. The minimum absolute atomic E-state index is 1.05. The number of aromatic nitrogens is 1. The first-order valence-electron chi connectivity index (χ1n) is 7.15. The van der Waals surface area contributed by atoms with Crippen LogP contribution in [0.1, 0.15) is 0 Å². The fraction of sp³-hybridized carbons (Fsp3) is 0.438. The van der Waals surface area contributed by atoms with Crippen LogP contribution in [0.3, 0.4) is 0 Å². The Balaban J connectivity index is 2.03. The van der Waals surface area contributed by atoms with Gasteiger partial charge in [-0.2, -0.15) is 0 Å². The Morgan fingerprint density at radius 3 is 2.50 bits per heavy atom. The Bertz CT molecular complexity index is 600. The van der Waals surface area contributed by atoms with Crippen LogP contribution in [0.15, 0.2) is 30.5 Å². The highest BCUT2D eigenvalue weighted by Gasteiger charge is 2.17. The topological polar surface area (TPSA) is 22.6 Å². The molecule has 0 N–H and O–H groups in total. The van der Waals surface area contributed by atoms with Crippen molar-refractivity contribution in [1.82, 2.24) is 9.88 Å². The Labute approximate surface area is 120 Å². The van der Waals surface area contributed by atoms with Crippen molar-refractivity contribution < 1.29 is 0 Å². The first-order chi connectivity index (χ1) is 9.65. The summed E-state index contributed by atoms with van der Waals surface area (Å²) in [5, 5.41) is 2.52. The van der Waals surface area contributed by atoms with Gasteiger partial charge in [0.2, 0.25) is 0 Å². The number of likely N-dealkylation sites (N-methyl/N-ethyl adjacent to an activating group) is 1. The predicted octanol–water partition coefficient (Wildman–Crippen LogP) is 2.05. The lowest BCUT2D eigenvalue weighted by molar-refractivity contribution is 0.312. The molecule has 106 valence electrons. The van der Waals surface area contributed by atoms with Crippen molar-refractivity contribution >= 4 is 22.3 Å². The molecule has 1 saturated heterocycles. The van der Waals surface area contributed by atoms with Gasteiger partial charge in [0.15, 0.2) is 0 Å². The molecule has 20 heavy (non-hydrogen) atoms. The van der Waals surface area contributed by atoms with Crippen molar-refractivity contribution in [3.8, 4) is 0 Å². The fourth-order valence-corrected chi connectivity index (χ4v) is 2.69. The second kappa shape index (κ2) is 5.29. The molecular formula is C16H22N4. The van der Waals surface area contributed by atoms with Gasteiger partial charge in [0, 0.05) is 57.5 Å². The van der Waals surface area contributed by atoms with Crippen molar-refractivity contribution in [2.24, 2.45) is 0 Å². The van der Waals surface area contributed by atoms with Gasteiger partial charge in [-0.15, -0.1) is 0 Å². The molecule has 1 aromatic heterocycles. The number of benzene rings is 1. The Kier molecular flexibility index (Phi) is 3.49. The lowest BCUT2D eigenvalue weighted by Crippen LogP contribution is -2.44. The maximum atomic E-state index is 4.64. The fourth-order valence-electron chi connectivity index (χ4n) is 2.69. The van der Waals surface area contributed by atoms with Crippen molar-refractivity contribution in [1.29, 1.82) is 0 Å². The summed E-state index contributed by atoms with van der Waals surface area (Å²) in [6, 6.07) is 8.69. The Morgan fingerprint density at radius 1 is 1.05 bits per heavy atom. The molecule has 0 atom stereocenters. The van der Waals surface area contributed by atoms with Crippen LogP contribution in [0.25, 0.3) is 10.8 Å². The molecule has 1 aliphatic heterocycles. The Hall–Kier alpha value is -1.81. The van der Waals surface area contributed by atoms with Gasteiger partial charge in [0.1, 0.15) is 5.82 Å². The molecule has 4 nitrogen and oxygen atoms in total. The van der Waals surface area contributed by atoms with E-state index in [-0.39, 0.29) is 0 Å². The van der Waals surface area contributed by atoms with Gasteiger partial charge >= 0.3 is 0 Å². The van der Waals surface area contributed by atoms with E-state index in [0.29, 0.717) is 0 Å². The van der Waals surface area contributed by atoms with Crippen LogP contribution in [0.5, 0.6) is 0 Å². The van der Waals surface area contributed by atoms with Crippen LogP contribution in [-0.2, 0) is 0 Å². The number of pyridine rings is 1. The Morgan fingerprint density at radius 2 is 1.80 bits per heavy atom. The van der Waals surface area contributed by atoms with E-state index >= 15 is 0 Å². The summed E-state index contributed by atoms with van der Waals surface area (Å²) in [6.07, 6.45) is 1.92. The van der Waals surface area contributed by atoms with E-state index in [1.807, 2.05) is 6.20 Å². The average molecular weight is 270 g/mol. The van der Waals surface area contributed by atoms with Crippen LogP contribution in [0.4, 0.5) is 11.5 Å². The summed E-state index contributed by atoms with van der Waals surface area (Å²) in [6.45, 7) is 4.31. The summed E-state index contributed by atoms with van der Waals surface area (Å²) in [4.78, 5) is 11.6. The molecule has 0 aliphatic carbocycles. The zero-order valence-corrected chi connectivity index (χ0v) is 12.5. The van der Waals surface area contributed by atoms with Gasteiger partial charge in [0.05, 0.1) is 0 Å². The zero-order chi connectivity index (χ0) is 14.1. The zero-order valence-electron chi connectivity index (χ0n) is 12.5. The van der Waals surface area contributed by atoms with Gasteiger partial charge in [-0.25, -0.2) is 4.98 Å². The third kappa shape index (κ3) is 2.43. The summed E-state index contributed by atoms with van der Waals surface area (Å²) >= 11 is 0. The minimum Gasteiger partial charge on any atom is -0.378 e. The van der Waals surface area contributed by atoms with Crippen LogP contribution in [0.2, 0.25) is 0 Å². The van der Waals surface area contributed by atoms with Crippen molar-refractivity contribution in [2.75, 3.05) is 57.1 Å². The number of nitrogens with zero attached hydrogens (tertiary/aromatic N) is 4. The van der Waals surface area contributed by atoms with Gasteiger partial charge in [-0.1, -0.05) is 6.07 Å². The predicted molar refractivity (Wildman–Crippen MR) is 85.8 cm³/mol. The number of anilines is 2. The lowest BCUT2D eigenvalue weighted by Gasteiger charge is -2.33. The maximum Gasteiger partial charge on any atom is 0.136 e. The van der Waals surface area contributed by atoms with Gasteiger partial charge in [-0.3, -0.25) is 0 Å². The first-order valence-corrected chi connectivity index (χ1v) is 7.15. The number of rotatable bonds is 2. The number of hydrogen-bond donors (Lipinski definition) is 0. The quantitative estimate of drug-likeness (QED) is 0.833. The van der Waals surface area contributed by atoms with Gasteiger partial charge in [-0.05, 0) is 30.6 Å². The van der Waals surface area contributed by atoms with E-state index in [1.54, 1.807) is 0 Å². The van der Waals surface area contributed by atoms with Crippen molar-refractivity contribution in [3.63, 3.8) is 0 Å². The molecule has 2 heterocycles. The minimum atomic E-state index is 1.05. The van der Waals surface area contributed by atoms with E-state index in [4.69, 9.17) is 0 Å². The van der Waals surface area contributed by atoms with Gasteiger partial charge in [0.25, 0.3) is 0 Å². The molecule has 1 fully saturated rings. The van der Waals surface area contributed by atoms with Crippen LogP contribution >= 0.6 is 0 Å². The molecule has 0 spiro atoms. The monoisotopic (exact) mass is 270 g/mol. The molecule has 0 bridgehead atoms. The molecule has 0 saturated carbocycles. The molecule has 3 rings (SSSR count). The summed E-state index contributed by atoms with van der Waals surface area (Å²) in [5.74, 6) is 1.12. The highest BCUT2D eigenvalue weighted by atomic mass is 15.3. The number of piperazine rings is 1. The highest BCUT2D eigenvalue weighted by Crippen LogP contribution is 2.28. The molecule has 0 unspecified atom stereocenters.